The van der Waals surface area contributed by atoms with Gasteiger partial charge in [-0.15, -0.1) is 0 Å². The van der Waals surface area contributed by atoms with Crippen molar-refractivity contribution in [1.82, 2.24) is 20.2 Å². The first kappa shape index (κ1) is 23.7. The van der Waals surface area contributed by atoms with Crippen molar-refractivity contribution in [2.75, 3.05) is 25.5 Å². The van der Waals surface area contributed by atoms with E-state index in [0.29, 0.717) is 5.56 Å². The lowest BCUT2D eigenvalue weighted by molar-refractivity contribution is -0.117. The third kappa shape index (κ3) is 4.60. The average molecular weight is 496 g/mol. The number of amides is 2. The van der Waals surface area contributed by atoms with Crippen molar-refractivity contribution >= 4 is 39.4 Å². The molecule has 1 aliphatic heterocycles. The number of aromatic amines is 1. The van der Waals surface area contributed by atoms with Crippen LogP contribution in [0.5, 0.6) is 0 Å². The van der Waals surface area contributed by atoms with Crippen LogP contribution in [-0.4, -0.2) is 52.9 Å². The monoisotopic (exact) mass is 495 g/mol. The van der Waals surface area contributed by atoms with E-state index >= 15 is 0 Å². The molecule has 0 bridgehead atoms. The lowest BCUT2D eigenvalue weighted by Crippen LogP contribution is -2.43. The molecule has 1 saturated carbocycles. The molecule has 2 fully saturated rings. The molecule has 1 saturated heterocycles. The highest BCUT2D eigenvalue weighted by atomic mass is 16.2. The molecule has 2 aromatic heterocycles. The maximum Gasteiger partial charge on any atom is 0.251 e. The van der Waals surface area contributed by atoms with Crippen molar-refractivity contribution in [1.29, 1.82) is 0 Å². The maximum absolute atomic E-state index is 13.1. The van der Waals surface area contributed by atoms with Crippen LogP contribution in [0.25, 0.3) is 33.2 Å². The summed E-state index contributed by atoms with van der Waals surface area (Å²) in [6.07, 6.45) is 3.91. The van der Waals surface area contributed by atoms with Crippen LogP contribution in [0.3, 0.4) is 0 Å². The first-order chi connectivity index (χ1) is 17.9. The Balaban J connectivity index is 1.31. The quantitative estimate of drug-likeness (QED) is 0.356. The summed E-state index contributed by atoms with van der Waals surface area (Å²) in [5, 5.41) is 8.38. The van der Waals surface area contributed by atoms with Gasteiger partial charge in [0.2, 0.25) is 5.91 Å². The molecule has 190 valence electrons. The SMILES string of the molecule is Cc1cc2c(nc1-c1cccc(NC(=O)C3CC3)c1)[nH]c1c(C)c(C(=O)NC3CCN(C)CC3)ccc12. The highest BCUT2D eigenvalue weighted by molar-refractivity contribution is 6.11. The predicted molar refractivity (Wildman–Crippen MR) is 148 cm³/mol. The second kappa shape index (κ2) is 9.30. The molecule has 37 heavy (non-hydrogen) atoms. The zero-order chi connectivity index (χ0) is 25.7. The Bertz CT molecular complexity index is 1530. The molecule has 0 unspecified atom stereocenters. The molecule has 0 radical (unpaired) electrons. The molecular weight excluding hydrogens is 462 g/mol. The summed E-state index contributed by atoms with van der Waals surface area (Å²) in [7, 11) is 2.12. The number of carbonyl (C=O) groups is 2. The first-order valence-electron chi connectivity index (χ1n) is 13.2. The zero-order valence-corrected chi connectivity index (χ0v) is 21.6. The molecular formula is C30H33N5O2. The van der Waals surface area contributed by atoms with Gasteiger partial charge in [-0.3, -0.25) is 9.59 Å². The van der Waals surface area contributed by atoms with Gasteiger partial charge in [0.15, 0.2) is 0 Å². The number of nitrogens with zero attached hydrogens (tertiary/aromatic N) is 2. The van der Waals surface area contributed by atoms with E-state index in [0.717, 1.165) is 88.8 Å². The van der Waals surface area contributed by atoms with Gasteiger partial charge in [-0.2, -0.15) is 0 Å². The Morgan fingerprint density at radius 1 is 1.00 bits per heavy atom. The molecule has 0 spiro atoms. The smallest absolute Gasteiger partial charge is 0.251 e. The Morgan fingerprint density at radius 3 is 2.54 bits per heavy atom. The van der Waals surface area contributed by atoms with Gasteiger partial charge in [-0.1, -0.05) is 18.2 Å². The topological polar surface area (TPSA) is 90.1 Å². The number of anilines is 1. The van der Waals surface area contributed by atoms with Gasteiger partial charge in [0.05, 0.1) is 11.2 Å². The van der Waals surface area contributed by atoms with Crippen LogP contribution in [0, 0.1) is 19.8 Å². The van der Waals surface area contributed by atoms with Crippen LogP contribution in [0.15, 0.2) is 42.5 Å². The van der Waals surface area contributed by atoms with Crippen molar-refractivity contribution in [2.45, 2.75) is 45.6 Å². The highest BCUT2D eigenvalue weighted by Gasteiger charge is 2.29. The highest BCUT2D eigenvalue weighted by Crippen LogP contribution is 2.34. The van der Waals surface area contributed by atoms with E-state index in [2.05, 4.69) is 40.6 Å². The largest absolute Gasteiger partial charge is 0.349 e. The number of hydrogen-bond acceptors (Lipinski definition) is 4. The summed E-state index contributed by atoms with van der Waals surface area (Å²) < 4.78 is 0. The molecule has 6 rings (SSSR count). The molecule has 1 aliphatic carbocycles. The van der Waals surface area contributed by atoms with Gasteiger partial charge in [0.25, 0.3) is 5.91 Å². The normalized spacial score (nSPS) is 16.8. The first-order valence-corrected chi connectivity index (χ1v) is 13.2. The van der Waals surface area contributed by atoms with Gasteiger partial charge in [-0.05, 0) is 95.1 Å². The number of nitrogens with one attached hydrogen (secondary N) is 3. The molecule has 3 N–H and O–H groups in total. The Labute approximate surface area is 216 Å². The molecule has 7 heteroatoms. The Morgan fingerprint density at radius 2 is 1.78 bits per heavy atom. The fourth-order valence-electron chi connectivity index (χ4n) is 5.42. The van der Waals surface area contributed by atoms with Crippen LogP contribution in [-0.2, 0) is 4.79 Å². The average Bonchev–Trinajstić information content (AvgIpc) is 3.68. The number of H-pyrrole nitrogens is 1. The second-order valence-corrected chi connectivity index (χ2v) is 10.7. The van der Waals surface area contributed by atoms with Gasteiger partial charge in [0, 0.05) is 39.5 Å². The number of carbonyl (C=O) groups excluding carboxylic acids is 2. The minimum absolute atomic E-state index is 0.0116. The van der Waals surface area contributed by atoms with E-state index in [4.69, 9.17) is 4.98 Å². The predicted octanol–water partition coefficient (Wildman–Crippen LogP) is 5.17. The molecule has 0 atom stereocenters. The number of pyridine rings is 1. The van der Waals surface area contributed by atoms with E-state index < -0.39 is 0 Å². The summed E-state index contributed by atoms with van der Waals surface area (Å²) in [5.74, 6) is 0.243. The number of benzene rings is 2. The van der Waals surface area contributed by atoms with Gasteiger partial charge in [0.1, 0.15) is 5.65 Å². The molecule has 2 amide bonds. The van der Waals surface area contributed by atoms with Crippen LogP contribution in [0.2, 0.25) is 0 Å². The van der Waals surface area contributed by atoms with E-state index in [1.54, 1.807) is 0 Å². The zero-order valence-electron chi connectivity index (χ0n) is 21.6. The van der Waals surface area contributed by atoms with Gasteiger partial charge in [-0.25, -0.2) is 4.98 Å². The van der Waals surface area contributed by atoms with E-state index in [-0.39, 0.29) is 23.8 Å². The third-order valence-corrected chi connectivity index (χ3v) is 7.86. The van der Waals surface area contributed by atoms with Crippen molar-refractivity contribution < 1.29 is 9.59 Å². The van der Waals surface area contributed by atoms with Crippen molar-refractivity contribution in [2.24, 2.45) is 5.92 Å². The number of aryl methyl sites for hydroxylation is 2. The number of piperidine rings is 1. The van der Waals surface area contributed by atoms with Crippen LogP contribution in [0.4, 0.5) is 5.69 Å². The number of rotatable bonds is 5. The maximum atomic E-state index is 13.1. The fraction of sp³-hybridized carbons (Fsp3) is 0.367. The van der Waals surface area contributed by atoms with Crippen LogP contribution < -0.4 is 10.6 Å². The lowest BCUT2D eigenvalue weighted by Gasteiger charge is -2.29. The molecule has 4 aromatic rings. The van der Waals surface area contributed by atoms with Crippen molar-refractivity contribution in [3.05, 3.63) is 59.2 Å². The minimum atomic E-state index is -0.0116. The van der Waals surface area contributed by atoms with Crippen LogP contribution in [0.1, 0.15) is 47.2 Å². The molecule has 2 aromatic carbocycles. The lowest BCUT2D eigenvalue weighted by atomic mass is 10.0. The summed E-state index contributed by atoms with van der Waals surface area (Å²) in [5.41, 5.74) is 7.06. The Kier molecular flexibility index (Phi) is 5.95. The number of likely N-dealkylation sites (tertiary alicyclic amines) is 1. The van der Waals surface area contributed by atoms with Crippen molar-refractivity contribution in [3.63, 3.8) is 0 Å². The summed E-state index contributed by atoms with van der Waals surface area (Å²) in [6.45, 7) is 6.08. The van der Waals surface area contributed by atoms with Crippen molar-refractivity contribution in [3.8, 4) is 11.3 Å². The number of aromatic nitrogens is 2. The molecule has 7 nitrogen and oxygen atoms in total. The van der Waals surface area contributed by atoms with E-state index in [1.165, 1.54) is 0 Å². The molecule has 3 heterocycles. The van der Waals surface area contributed by atoms with Gasteiger partial charge >= 0.3 is 0 Å². The molecule has 2 aliphatic rings. The summed E-state index contributed by atoms with van der Waals surface area (Å²) >= 11 is 0. The third-order valence-electron chi connectivity index (χ3n) is 7.86. The number of fused-ring (bicyclic) bond motifs is 3. The summed E-state index contributed by atoms with van der Waals surface area (Å²) in [6, 6.07) is 14.2. The van der Waals surface area contributed by atoms with E-state index in [1.807, 2.05) is 43.3 Å². The minimum Gasteiger partial charge on any atom is -0.349 e. The fourth-order valence-corrected chi connectivity index (χ4v) is 5.42. The van der Waals surface area contributed by atoms with E-state index in [9.17, 15) is 9.59 Å². The summed E-state index contributed by atoms with van der Waals surface area (Å²) in [4.78, 5) is 36.2. The standard InChI is InChI=1S/C30H33N5O2/c1-17-15-25-24-10-9-23(30(37)31-21-11-13-35(3)14-12-21)18(2)27(24)34-28(25)33-26(17)20-5-4-6-22(16-20)32-29(36)19-7-8-19/h4-6,9-10,15-16,19,21H,7-8,11-14H2,1-3H3,(H,31,37)(H,32,36)(H,33,34). The van der Waals surface area contributed by atoms with Gasteiger partial charge < -0.3 is 20.5 Å². The van der Waals surface area contributed by atoms with Crippen LogP contribution >= 0.6 is 0 Å². The Hall–Kier alpha value is -3.71. The second-order valence-electron chi connectivity index (χ2n) is 10.7. The number of hydrogen-bond donors (Lipinski definition) is 3.